The van der Waals surface area contributed by atoms with Gasteiger partial charge in [-0.05, 0) is 19.1 Å². The molecule has 0 aliphatic heterocycles. The molecule has 0 radical (unpaired) electrons. The van der Waals surface area contributed by atoms with E-state index in [4.69, 9.17) is 0 Å². The van der Waals surface area contributed by atoms with Gasteiger partial charge in [0.05, 0.1) is 11.4 Å². The molecule has 4 rings (SSSR count). The van der Waals surface area contributed by atoms with E-state index in [9.17, 15) is 0 Å². The minimum Gasteiger partial charge on any atom is -0.363 e. The van der Waals surface area contributed by atoms with Gasteiger partial charge in [-0.1, -0.05) is 0 Å². The van der Waals surface area contributed by atoms with Crippen LogP contribution in [0.15, 0.2) is 24.5 Å². The van der Waals surface area contributed by atoms with E-state index < -0.39 is 0 Å². The summed E-state index contributed by atoms with van der Waals surface area (Å²) in [4.78, 5) is 16.6. The van der Waals surface area contributed by atoms with Crippen molar-refractivity contribution in [3.63, 3.8) is 0 Å². The first-order valence-corrected chi connectivity index (χ1v) is 9.57. The van der Waals surface area contributed by atoms with Gasteiger partial charge in [-0.25, -0.2) is 0 Å². The highest BCUT2D eigenvalue weighted by molar-refractivity contribution is 5.57. The third-order valence-electron chi connectivity index (χ3n) is 4.66. The molecular weight excluding hydrogens is 384 g/mol. The second-order valence-corrected chi connectivity index (χ2v) is 7.24. The van der Waals surface area contributed by atoms with Crippen molar-refractivity contribution in [3.8, 4) is 0 Å². The Morgan fingerprint density at radius 1 is 0.933 bits per heavy atom. The molecule has 30 heavy (non-hydrogen) atoms. The Morgan fingerprint density at radius 2 is 1.67 bits per heavy atom. The topological polar surface area (TPSA) is 145 Å². The van der Waals surface area contributed by atoms with Crippen LogP contribution in [-0.2, 0) is 6.42 Å². The van der Waals surface area contributed by atoms with Gasteiger partial charge in [0.1, 0.15) is 0 Å². The predicted octanol–water partition coefficient (Wildman–Crippen LogP) is 2.12. The van der Waals surface area contributed by atoms with E-state index in [0.29, 0.717) is 23.8 Å². The lowest BCUT2D eigenvalue weighted by molar-refractivity contribution is 0.828. The van der Waals surface area contributed by atoms with Crippen molar-refractivity contribution in [3.05, 3.63) is 35.9 Å². The van der Waals surface area contributed by atoms with Crippen LogP contribution in [0.5, 0.6) is 0 Å². The van der Waals surface area contributed by atoms with Crippen molar-refractivity contribution in [2.45, 2.75) is 13.3 Å². The number of aromatic nitrogens is 8. The van der Waals surface area contributed by atoms with Crippen molar-refractivity contribution >= 4 is 35.2 Å². The van der Waals surface area contributed by atoms with Gasteiger partial charge >= 0.3 is 0 Å². The van der Waals surface area contributed by atoms with E-state index in [2.05, 4.69) is 51.0 Å². The van der Waals surface area contributed by atoms with Crippen LogP contribution in [0, 0.1) is 6.92 Å². The Balaban J connectivity index is 1.30. The largest absolute Gasteiger partial charge is 0.363 e. The summed E-state index contributed by atoms with van der Waals surface area (Å²) in [5, 5.41) is 22.9. The molecule has 6 N–H and O–H groups in total. The Hall–Kier alpha value is -3.96. The number of hydrogen-bond acceptors (Lipinski definition) is 8. The van der Waals surface area contributed by atoms with Crippen molar-refractivity contribution in [2.75, 3.05) is 48.1 Å². The van der Waals surface area contributed by atoms with Gasteiger partial charge in [-0.3, -0.25) is 9.97 Å². The maximum atomic E-state index is 4.22. The minimum absolute atomic E-state index is 0.598. The summed E-state index contributed by atoms with van der Waals surface area (Å²) in [5.74, 6) is 2.60. The number of H-pyrrole nitrogens is 4. The molecule has 0 aliphatic rings. The second kappa shape index (κ2) is 8.19. The molecule has 0 saturated carbocycles. The fourth-order valence-electron chi connectivity index (χ4n) is 2.90. The van der Waals surface area contributed by atoms with Crippen molar-refractivity contribution in [2.24, 2.45) is 0 Å². The first kappa shape index (κ1) is 19.4. The Morgan fingerprint density at radius 3 is 2.37 bits per heavy atom. The maximum absolute atomic E-state index is 4.22. The number of anilines is 6. The number of aryl methyl sites for hydroxylation is 1. The van der Waals surface area contributed by atoms with Gasteiger partial charge < -0.3 is 30.4 Å². The van der Waals surface area contributed by atoms with Gasteiger partial charge in [-0.15, -0.1) is 20.4 Å². The Kier molecular flexibility index (Phi) is 5.28. The molecule has 12 nitrogen and oxygen atoms in total. The summed E-state index contributed by atoms with van der Waals surface area (Å²) in [6.45, 7) is 2.76. The molecular formula is C18H26N12. The Labute approximate surface area is 173 Å². The van der Waals surface area contributed by atoms with E-state index in [1.54, 1.807) is 0 Å². The van der Waals surface area contributed by atoms with Crippen LogP contribution in [-0.4, -0.2) is 68.0 Å². The van der Waals surface area contributed by atoms with E-state index in [-0.39, 0.29) is 0 Å². The van der Waals surface area contributed by atoms with Crippen LogP contribution in [0.3, 0.4) is 0 Å². The monoisotopic (exact) mass is 410 g/mol. The zero-order valence-corrected chi connectivity index (χ0v) is 17.4. The standard InChI is InChI=1S/C18H26N12/c1-11-14(5-7-19-11)22-16-24-18(28-26-16)30(4)8-6-12-9-13(10-20-12)21-15-23-17(27-25-15)29(2)3/h5,7,9-10,19-20H,6,8H2,1-4H3,(H2,21,23,25,27)(H2,22,24,26,28). The molecule has 0 bridgehead atoms. The molecule has 0 unspecified atom stereocenters. The molecule has 4 aromatic rings. The van der Waals surface area contributed by atoms with Crippen LogP contribution in [0.25, 0.3) is 0 Å². The van der Waals surface area contributed by atoms with Crippen LogP contribution in [0.2, 0.25) is 0 Å². The fourth-order valence-corrected chi connectivity index (χ4v) is 2.90. The fraction of sp³-hybridized carbons (Fsp3) is 0.333. The molecule has 0 fully saturated rings. The van der Waals surface area contributed by atoms with Crippen LogP contribution < -0.4 is 20.4 Å². The summed E-state index contributed by atoms with van der Waals surface area (Å²) in [5.41, 5.74) is 4.02. The molecule has 0 aliphatic carbocycles. The lowest BCUT2D eigenvalue weighted by atomic mass is 10.3. The number of rotatable bonds is 9. The molecule has 0 amide bonds. The van der Waals surface area contributed by atoms with E-state index in [1.807, 2.05) is 62.4 Å². The third kappa shape index (κ3) is 4.37. The number of nitrogens with zero attached hydrogens (tertiary/aromatic N) is 6. The lowest BCUT2D eigenvalue weighted by Gasteiger charge is -2.14. The SMILES string of the molecule is Cc1[nH]ccc1Nc1nnc(N(C)CCc2cc(Nc3nnc(N(C)C)[nH]3)c[nH]2)[nH]1. The molecule has 4 heterocycles. The number of aromatic amines is 4. The van der Waals surface area contributed by atoms with E-state index in [1.165, 1.54) is 0 Å². The summed E-state index contributed by atoms with van der Waals surface area (Å²) in [6.07, 6.45) is 4.60. The zero-order chi connectivity index (χ0) is 21.1. The molecule has 0 atom stereocenters. The summed E-state index contributed by atoms with van der Waals surface area (Å²) < 4.78 is 0. The molecule has 0 aromatic carbocycles. The zero-order valence-electron chi connectivity index (χ0n) is 17.4. The lowest BCUT2D eigenvalue weighted by Crippen LogP contribution is -2.21. The van der Waals surface area contributed by atoms with Gasteiger partial charge in [-0.2, -0.15) is 0 Å². The highest BCUT2D eigenvalue weighted by atomic mass is 15.4. The molecule has 0 spiro atoms. The molecule has 4 aromatic heterocycles. The number of likely N-dealkylation sites (N-methyl/N-ethyl adjacent to an activating group) is 1. The van der Waals surface area contributed by atoms with Crippen LogP contribution in [0.4, 0.5) is 35.2 Å². The third-order valence-corrected chi connectivity index (χ3v) is 4.66. The predicted molar refractivity (Wildman–Crippen MR) is 117 cm³/mol. The van der Waals surface area contributed by atoms with Crippen LogP contribution in [0.1, 0.15) is 11.4 Å². The first-order valence-electron chi connectivity index (χ1n) is 9.57. The van der Waals surface area contributed by atoms with Gasteiger partial charge in [0, 0.05) is 57.9 Å². The molecule has 158 valence electrons. The molecule has 12 heteroatoms. The summed E-state index contributed by atoms with van der Waals surface area (Å²) >= 11 is 0. The maximum Gasteiger partial charge on any atom is 0.227 e. The Bertz CT molecular complexity index is 1080. The van der Waals surface area contributed by atoms with Crippen LogP contribution >= 0.6 is 0 Å². The number of nitrogens with one attached hydrogen (secondary N) is 6. The highest BCUT2D eigenvalue weighted by Gasteiger charge is 2.10. The summed E-state index contributed by atoms with van der Waals surface area (Å²) in [7, 11) is 5.79. The van der Waals surface area contributed by atoms with E-state index >= 15 is 0 Å². The second-order valence-electron chi connectivity index (χ2n) is 7.24. The quantitative estimate of drug-likeness (QED) is 0.246. The van der Waals surface area contributed by atoms with E-state index in [0.717, 1.165) is 35.7 Å². The first-order chi connectivity index (χ1) is 14.5. The average Bonchev–Trinajstić information content (AvgIpc) is 3.50. The normalized spacial score (nSPS) is 10.9. The highest BCUT2D eigenvalue weighted by Crippen LogP contribution is 2.19. The molecule has 0 saturated heterocycles. The minimum atomic E-state index is 0.598. The van der Waals surface area contributed by atoms with Gasteiger partial charge in [0.25, 0.3) is 0 Å². The van der Waals surface area contributed by atoms with Gasteiger partial charge in [0.2, 0.25) is 23.8 Å². The smallest absolute Gasteiger partial charge is 0.227 e. The van der Waals surface area contributed by atoms with Crippen molar-refractivity contribution in [1.82, 2.24) is 40.3 Å². The van der Waals surface area contributed by atoms with Crippen molar-refractivity contribution < 1.29 is 0 Å². The number of hydrogen-bond donors (Lipinski definition) is 6. The summed E-state index contributed by atoms with van der Waals surface area (Å²) in [6, 6.07) is 4.01. The van der Waals surface area contributed by atoms with Crippen molar-refractivity contribution in [1.29, 1.82) is 0 Å². The van der Waals surface area contributed by atoms with Gasteiger partial charge in [0.15, 0.2) is 0 Å². The average molecular weight is 410 g/mol.